The van der Waals surface area contributed by atoms with Gasteiger partial charge in [-0.1, -0.05) is 23.8 Å². The van der Waals surface area contributed by atoms with E-state index in [-0.39, 0.29) is 37.2 Å². The van der Waals surface area contributed by atoms with Gasteiger partial charge in [0.25, 0.3) is 0 Å². The molecular formula is C23H26FN3O3. The van der Waals surface area contributed by atoms with Crippen LogP contribution in [0.1, 0.15) is 28.7 Å². The topological polar surface area (TPSA) is 78.5 Å². The average molecular weight is 411 g/mol. The number of rotatable bonds is 5. The van der Waals surface area contributed by atoms with Gasteiger partial charge in [0.05, 0.1) is 12.5 Å². The van der Waals surface area contributed by atoms with Crippen molar-refractivity contribution in [2.45, 2.75) is 34.1 Å². The summed E-state index contributed by atoms with van der Waals surface area (Å²) < 4.78 is 13.8. The van der Waals surface area contributed by atoms with Crippen molar-refractivity contribution in [3.63, 3.8) is 0 Å². The lowest BCUT2D eigenvalue weighted by Crippen LogP contribution is -2.38. The van der Waals surface area contributed by atoms with Crippen molar-refractivity contribution in [1.82, 2.24) is 5.32 Å². The van der Waals surface area contributed by atoms with Crippen molar-refractivity contribution in [1.29, 1.82) is 0 Å². The van der Waals surface area contributed by atoms with E-state index < -0.39 is 11.7 Å². The zero-order valence-corrected chi connectivity index (χ0v) is 17.6. The van der Waals surface area contributed by atoms with Gasteiger partial charge in [0.15, 0.2) is 0 Å². The molecule has 0 aliphatic carbocycles. The van der Waals surface area contributed by atoms with Crippen molar-refractivity contribution >= 4 is 29.1 Å². The molecule has 0 unspecified atom stereocenters. The first-order valence-corrected chi connectivity index (χ1v) is 9.87. The minimum absolute atomic E-state index is 0.0269. The third kappa shape index (κ3) is 4.67. The number of benzene rings is 2. The van der Waals surface area contributed by atoms with Gasteiger partial charge >= 0.3 is 0 Å². The third-order valence-electron chi connectivity index (χ3n) is 5.33. The molecule has 0 radical (unpaired) electrons. The molecule has 0 saturated carbocycles. The maximum Gasteiger partial charge on any atom is 0.243 e. The molecular weight excluding hydrogens is 385 g/mol. The molecule has 1 saturated heterocycles. The van der Waals surface area contributed by atoms with Crippen LogP contribution in [0.15, 0.2) is 30.3 Å². The number of nitrogens with one attached hydrogen (secondary N) is 2. The second kappa shape index (κ2) is 8.65. The number of halogens is 1. The van der Waals surface area contributed by atoms with Crippen molar-refractivity contribution in [2.75, 3.05) is 23.3 Å². The van der Waals surface area contributed by atoms with E-state index in [0.29, 0.717) is 11.3 Å². The summed E-state index contributed by atoms with van der Waals surface area (Å²) in [6.07, 6.45) is 0.0269. The third-order valence-corrected chi connectivity index (χ3v) is 5.33. The second-order valence-corrected chi connectivity index (χ2v) is 7.88. The molecule has 3 amide bonds. The van der Waals surface area contributed by atoms with Gasteiger partial charge in [0, 0.05) is 24.3 Å². The number of hydrogen-bond donors (Lipinski definition) is 2. The van der Waals surface area contributed by atoms with Gasteiger partial charge in [-0.15, -0.1) is 0 Å². The quantitative estimate of drug-likeness (QED) is 0.793. The number of carbonyl (C=O) groups excluding carboxylic acids is 3. The van der Waals surface area contributed by atoms with Crippen molar-refractivity contribution < 1.29 is 18.8 Å². The Balaban J connectivity index is 1.57. The SMILES string of the molecule is Cc1cc(C)c(NC(=O)CNC(=O)[C@H]2CC(=O)N(c3ccc(C)c(F)c3)C2)c(C)c1. The fourth-order valence-electron chi connectivity index (χ4n) is 3.75. The summed E-state index contributed by atoms with van der Waals surface area (Å²) >= 11 is 0. The maximum atomic E-state index is 13.8. The predicted molar refractivity (Wildman–Crippen MR) is 114 cm³/mol. The Morgan fingerprint density at radius 1 is 1.07 bits per heavy atom. The standard InChI is InChI=1S/C23H26FN3O3/c1-13-7-15(3)22(16(4)8-13)26-20(28)11-25-23(30)17-9-21(29)27(12-17)18-6-5-14(2)19(24)10-18/h5-8,10,17H,9,11-12H2,1-4H3,(H,25,30)(H,26,28)/t17-/m0/s1. The van der Waals surface area contributed by atoms with E-state index in [1.165, 1.54) is 11.0 Å². The van der Waals surface area contributed by atoms with E-state index in [4.69, 9.17) is 0 Å². The number of aryl methyl sites for hydroxylation is 4. The van der Waals surface area contributed by atoms with Gasteiger partial charge in [-0.3, -0.25) is 14.4 Å². The summed E-state index contributed by atoms with van der Waals surface area (Å²) in [6.45, 7) is 7.44. The van der Waals surface area contributed by atoms with E-state index in [0.717, 1.165) is 22.4 Å². The summed E-state index contributed by atoms with van der Waals surface area (Å²) in [5, 5.41) is 5.44. The Labute approximate surface area is 175 Å². The molecule has 6 nitrogen and oxygen atoms in total. The lowest BCUT2D eigenvalue weighted by molar-refractivity contribution is -0.127. The van der Waals surface area contributed by atoms with E-state index in [9.17, 15) is 18.8 Å². The summed E-state index contributed by atoms with van der Waals surface area (Å²) in [4.78, 5) is 38.5. The summed E-state index contributed by atoms with van der Waals surface area (Å²) in [5.41, 5.74) is 4.68. The molecule has 158 valence electrons. The van der Waals surface area contributed by atoms with Crippen molar-refractivity contribution in [2.24, 2.45) is 5.92 Å². The Morgan fingerprint density at radius 2 is 1.73 bits per heavy atom. The number of carbonyl (C=O) groups is 3. The van der Waals surface area contributed by atoms with Gasteiger partial charge in [-0.2, -0.15) is 0 Å². The van der Waals surface area contributed by atoms with Crippen LogP contribution in [-0.4, -0.2) is 30.8 Å². The minimum Gasteiger partial charge on any atom is -0.347 e. The number of hydrogen-bond acceptors (Lipinski definition) is 3. The highest BCUT2D eigenvalue weighted by Gasteiger charge is 2.35. The molecule has 0 bridgehead atoms. The summed E-state index contributed by atoms with van der Waals surface area (Å²) in [7, 11) is 0. The summed E-state index contributed by atoms with van der Waals surface area (Å²) in [5.74, 6) is -1.93. The zero-order valence-electron chi connectivity index (χ0n) is 17.6. The zero-order chi connectivity index (χ0) is 22.0. The molecule has 1 heterocycles. The molecule has 2 N–H and O–H groups in total. The van der Waals surface area contributed by atoms with Crippen LogP contribution in [0.25, 0.3) is 0 Å². The van der Waals surface area contributed by atoms with Crippen LogP contribution in [0.5, 0.6) is 0 Å². The largest absolute Gasteiger partial charge is 0.347 e. The first-order valence-electron chi connectivity index (χ1n) is 9.87. The van der Waals surface area contributed by atoms with E-state index in [2.05, 4.69) is 10.6 Å². The maximum absolute atomic E-state index is 13.8. The van der Waals surface area contributed by atoms with E-state index in [1.54, 1.807) is 19.1 Å². The number of nitrogens with zero attached hydrogens (tertiary/aromatic N) is 1. The van der Waals surface area contributed by atoms with Gasteiger partial charge in [-0.05, 0) is 56.5 Å². The molecule has 1 aliphatic rings. The Bertz CT molecular complexity index is 996. The fraction of sp³-hybridized carbons (Fsp3) is 0.348. The average Bonchev–Trinajstić information content (AvgIpc) is 3.06. The first kappa shape index (κ1) is 21.5. The smallest absolute Gasteiger partial charge is 0.243 e. The molecule has 0 spiro atoms. The Hall–Kier alpha value is -3.22. The van der Waals surface area contributed by atoms with Crippen LogP contribution >= 0.6 is 0 Å². The molecule has 1 atom stereocenters. The van der Waals surface area contributed by atoms with Gasteiger partial charge < -0.3 is 15.5 Å². The van der Waals surface area contributed by atoms with Crippen LogP contribution < -0.4 is 15.5 Å². The minimum atomic E-state index is -0.586. The molecule has 3 rings (SSSR count). The van der Waals surface area contributed by atoms with Crippen LogP contribution in [0.3, 0.4) is 0 Å². The van der Waals surface area contributed by atoms with Crippen LogP contribution in [0.4, 0.5) is 15.8 Å². The second-order valence-electron chi connectivity index (χ2n) is 7.88. The van der Waals surface area contributed by atoms with Crippen LogP contribution in [0.2, 0.25) is 0 Å². The monoisotopic (exact) mass is 411 g/mol. The lowest BCUT2D eigenvalue weighted by Gasteiger charge is -2.17. The first-order chi connectivity index (χ1) is 14.2. The van der Waals surface area contributed by atoms with Crippen LogP contribution in [0, 0.1) is 39.4 Å². The molecule has 30 heavy (non-hydrogen) atoms. The van der Waals surface area contributed by atoms with Gasteiger partial charge in [0.1, 0.15) is 5.82 Å². The fourth-order valence-corrected chi connectivity index (χ4v) is 3.75. The predicted octanol–water partition coefficient (Wildman–Crippen LogP) is 3.17. The van der Waals surface area contributed by atoms with Crippen LogP contribution in [-0.2, 0) is 14.4 Å². The lowest BCUT2D eigenvalue weighted by atomic mass is 10.1. The van der Waals surface area contributed by atoms with E-state index >= 15 is 0 Å². The highest BCUT2D eigenvalue weighted by atomic mass is 19.1. The van der Waals surface area contributed by atoms with Crippen molar-refractivity contribution in [3.05, 3.63) is 58.4 Å². The van der Waals surface area contributed by atoms with Gasteiger partial charge in [0.2, 0.25) is 17.7 Å². The highest BCUT2D eigenvalue weighted by Crippen LogP contribution is 2.27. The number of amides is 3. The van der Waals surface area contributed by atoms with Crippen molar-refractivity contribution in [3.8, 4) is 0 Å². The molecule has 2 aromatic rings. The number of anilines is 2. The Morgan fingerprint density at radius 3 is 2.37 bits per heavy atom. The normalized spacial score (nSPS) is 16.0. The molecule has 1 fully saturated rings. The summed E-state index contributed by atoms with van der Waals surface area (Å²) in [6, 6.07) is 8.52. The Kier molecular flexibility index (Phi) is 6.20. The molecule has 0 aromatic heterocycles. The highest BCUT2D eigenvalue weighted by molar-refractivity contribution is 6.01. The van der Waals surface area contributed by atoms with E-state index in [1.807, 2.05) is 32.9 Å². The molecule has 7 heteroatoms. The molecule has 2 aromatic carbocycles. The van der Waals surface area contributed by atoms with Gasteiger partial charge in [-0.25, -0.2) is 4.39 Å². The molecule has 1 aliphatic heterocycles.